The Balaban J connectivity index is 1.61. The number of amides is 1. The number of hydrogen-bond acceptors (Lipinski definition) is 3. The van der Waals surface area contributed by atoms with E-state index in [9.17, 15) is 4.79 Å². The van der Waals surface area contributed by atoms with Crippen LogP contribution in [-0.2, 0) is 17.6 Å². The summed E-state index contributed by atoms with van der Waals surface area (Å²) in [6.45, 7) is 12.4. The highest BCUT2D eigenvalue weighted by atomic mass is 35.5. The van der Waals surface area contributed by atoms with Crippen molar-refractivity contribution in [2.75, 3.05) is 10.3 Å². The number of carbonyl (C=O) groups is 1. The number of anilines is 2. The third-order valence-electron chi connectivity index (χ3n) is 7.72. The topological polar surface area (TPSA) is 44.7 Å². The lowest BCUT2D eigenvalue weighted by molar-refractivity contribution is -0.105. The molecule has 0 fully saturated rings. The Morgan fingerprint density at radius 1 is 0.884 bits per heavy atom. The van der Waals surface area contributed by atoms with E-state index in [1.165, 1.54) is 16.7 Å². The molecule has 0 aliphatic heterocycles. The fraction of sp³-hybridized carbons (Fsp3) is 0.211. The molecule has 1 N–H and O–H groups in total. The fourth-order valence-corrected chi connectivity index (χ4v) is 5.26. The summed E-state index contributed by atoms with van der Waals surface area (Å²) in [5.41, 5.74) is 11.7. The second-order valence-corrected chi connectivity index (χ2v) is 11.0. The number of halogens is 1. The monoisotopic (exact) mass is 589 g/mol. The molecular formula is C38H40ClN3O. The predicted molar refractivity (Wildman–Crippen MR) is 186 cm³/mol. The van der Waals surface area contributed by atoms with Gasteiger partial charge in [-0.3, -0.25) is 4.79 Å². The van der Waals surface area contributed by atoms with Gasteiger partial charge in [0.15, 0.2) is 0 Å². The molecule has 4 aromatic rings. The van der Waals surface area contributed by atoms with E-state index in [0.29, 0.717) is 17.1 Å². The first kappa shape index (κ1) is 31.5. The van der Waals surface area contributed by atoms with Gasteiger partial charge in [-0.2, -0.15) is 5.10 Å². The Kier molecular flexibility index (Phi) is 11.1. The molecule has 0 heterocycles. The van der Waals surface area contributed by atoms with E-state index >= 15 is 0 Å². The van der Waals surface area contributed by atoms with Gasteiger partial charge in [-0.05, 0) is 90.8 Å². The average Bonchev–Trinajstić information content (AvgIpc) is 3.04. The molecule has 0 aliphatic rings. The van der Waals surface area contributed by atoms with Gasteiger partial charge in [-0.25, -0.2) is 5.01 Å². The number of aryl methyl sites for hydroxylation is 1. The molecule has 220 valence electrons. The summed E-state index contributed by atoms with van der Waals surface area (Å²) in [6, 6.07) is 29.4. The molecule has 0 aromatic heterocycles. The van der Waals surface area contributed by atoms with Crippen LogP contribution in [0.25, 0.3) is 27.8 Å². The van der Waals surface area contributed by atoms with Gasteiger partial charge in [0, 0.05) is 29.2 Å². The van der Waals surface area contributed by atoms with Crippen LogP contribution >= 0.6 is 11.6 Å². The van der Waals surface area contributed by atoms with Gasteiger partial charge in [0.05, 0.1) is 10.7 Å². The maximum absolute atomic E-state index is 11.5. The Bertz CT molecular complexity index is 1600. The lowest BCUT2D eigenvalue weighted by Gasteiger charge is -2.17. The van der Waals surface area contributed by atoms with Crippen LogP contribution in [-0.4, -0.2) is 12.6 Å². The number of hydrogen-bond donors (Lipinski definition) is 1. The van der Waals surface area contributed by atoms with Crippen LogP contribution < -0.4 is 10.3 Å². The molecule has 1 amide bonds. The lowest BCUT2D eigenvalue weighted by Crippen LogP contribution is -2.06. The maximum Gasteiger partial charge on any atom is 0.211 e. The normalized spacial score (nSPS) is 11.7. The predicted octanol–water partition coefficient (Wildman–Crippen LogP) is 10.6. The van der Waals surface area contributed by atoms with Gasteiger partial charge in [0.1, 0.15) is 0 Å². The largest absolute Gasteiger partial charge is 0.328 e. The number of hydrazone groups is 1. The number of rotatable bonds is 13. The second-order valence-electron chi connectivity index (χ2n) is 10.6. The third-order valence-corrected chi connectivity index (χ3v) is 8.04. The van der Waals surface area contributed by atoms with Crippen LogP contribution in [0.5, 0.6) is 0 Å². The quantitative estimate of drug-likeness (QED) is 0.0957. The van der Waals surface area contributed by atoms with Crippen molar-refractivity contribution >= 4 is 41.2 Å². The molecule has 0 spiro atoms. The minimum absolute atomic E-state index is 0.582. The van der Waals surface area contributed by atoms with Crippen LogP contribution in [0.1, 0.15) is 57.2 Å². The van der Waals surface area contributed by atoms with Crippen molar-refractivity contribution in [3.05, 3.63) is 125 Å². The molecule has 4 nitrogen and oxygen atoms in total. The van der Waals surface area contributed by atoms with Gasteiger partial charge < -0.3 is 5.32 Å². The van der Waals surface area contributed by atoms with E-state index in [1.807, 2.05) is 24.4 Å². The Morgan fingerprint density at radius 2 is 1.49 bits per heavy atom. The highest BCUT2D eigenvalue weighted by Crippen LogP contribution is 2.38. The van der Waals surface area contributed by atoms with Crippen LogP contribution in [0.15, 0.2) is 108 Å². The lowest BCUT2D eigenvalue weighted by atomic mass is 9.92. The number of nitrogens with one attached hydrogen (secondary N) is 1. The van der Waals surface area contributed by atoms with Crippen LogP contribution in [0.3, 0.4) is 0 Å². The van der Waals surface area contributed by atoms with Crippen molar-refractivity contribution in [3.8, 4) is 22.3 Å². The zero-order valence-corrected chi connectivity index (χ0v) is 26.3. The summed E-state index contributed by atoms with van der Waals surface area (Å²) in [4.78, 5) is 11.5. The summed E-state index contributed by atoms with van der Waals surface area (Å²) in [5.74, 6) is 0. The summed E-state index contributed by atoms with van der Waals surface area (Å²) in [7, 11) is 0. The van der Waals surface area contributed by atoms with Crippen molar-refractivity contribution < 1.29 is 4.79 Å². The first-order valence-corrected chi connectivity index (χ1v) is 15.2. The highest BCUT2D eigenvalue weighted by molar-refractivity contribution is 6.33. The number of unbranched alkanes of at least 4 members (excludes halogenated alkanes) is 1. The van der Waals surface area contributed by atoms with Crippen molar-refractivity contribution in [1.82, 2.24) is 0 Å². The maximum atomic E-state index is 11.5. The zero-order chi connectivity index (χ0) is 30.8. The van der Waals surface area contributed by atoms with Crippen LogP contribution in [0.4, 0.5) is 11.4 Å². The number of benzene rings is 4. The molecule has 0 saturated carbocycles. The molecule has 43 heavy (non-hydrogen) atoms. The van der Waals surface area contributed by atoms with E-state index in [0.717, 1.165) is 64.8 Å². The first-order valence-electron chi connectivity index (χ1n) is 14.8. The zero-order valence-electron chi connectivity index (χ0n) is 25.5. The van der Waals surface area contributed by atoms with Gasteiger partial charge >= 0.3 is 0 Å². The summed E-state index contributed by atoms with van der Waals surface area (Å²) >= 11 is 6.78. The minimum Gasteiger partial charge on any atom is -0.328 e. The molecule has 0 radical (unpaired) electrons. The number of carbonyl (C=O) groups excluding carboxylic acids is 1. The highest BCUT2D eigenvalue weighted by Gasteiger charge is 2.14. The molecule has 0 unspecified atom stereocenters. The van der Waals surface area contributed by atoms with Gasteiger partial charge in [0.25, 0.3) is 0 Å². The van der Waals surface area contributed by atoms with Crippen molar-refractivity contribution in [1.29, 1.82) is 0 Å². The summed E-state index contributed by atoms with van der Waals surface area (Å²) in [6.07, 6.45) is 8.17. The Morgan fingerprint density at radius 3 is 2.07 bits per heavy atom. The van der Waals surface area contributed by atoms with E-state index in [2.05, 4.69) is 111 Å². The fourth-order valence-electron chi connectivity index (χ4n) is 4.99. The molecule has 4 rings (SSSR count). The van der Waals surface area contributed by atoms with E-state index in [1.54, 1.807) is 11.2 Å². The van der Waals surface area contributed by atoms with Gasteiger partial charge in [-0.15, -0.1) is 0 Å². The summed E-state index contributed by atoms with van der Waals surface area (Å²) in [5, 5.41) is 9.70. The molecule has 0 aliphatic carbocycles. The molecule has 0 atom stereocenters. The Hall–Kier alpha value is -4.41. The molecule has 5 heteroatoms. The van der Waals surface area contributed by atoms with Crippen LogP contribution in [0, 0.1) is 0 Å². The SMILES string of the molecule is C=CN(/N=C\CCC)c1ccc(-c2ccc(-c3cc(/C(C)=C(\C)Cc4ccc(CC)cc4)c(NC=O)cc3Cl)cc2)cc1. The van der Waals surface area contributed by atoms with E-state index in [4.69, 9.17) is 11.6 Å². The van der Waals surface area contributed by atoms with Crippen molar-refractivity contribution in [2.45, 2.75) is 53.4 Å². The van der Waals surface area contributed by atoms with E-state index in [-0.39, 0.29) is 0 Å². The average molecular weight is 590 g/mol. The van der Waals surface area contributed by atoms with Crippen molar-refractivity contribution in [3.63, 3.8) is 0 Å². The molecule has 4 aromatic carbocycles. The molecule has 0 bridgehead atoms. The van der Waals surface area contributed by atoms with Gasteiger partial charge in [-0.1, -0.05) is 105 Å². The van der Waals surface area contributed by atoms with Gasteiger partial charge in [0.2, 0.25) is 6.41 Å². The minimum atomic E-state index is 0.582. The first-order chi connectivity index (χ1) is 20.9. The molecule has 0 saturated heterocycles. The standard InChI is InChI=1S/C38H40ClN3O/c1-6-9-22-41-42(8-3)34-20-18-32(19-21-34)31-14-16-33(17-15-31)36-24-35(38(40-26-43)25-37(36)39)28(5)27(4)23-30-12-10-29(7-2)11-13-30/h8,10-22,24-26H,3,6-7,9,23H2,1-2,4-5H3,(H,40,43)/b28-27+,41-22-. The summed E-state index contributed by atoms with van der Waals surface area (Å²) < 4.78 is 0. The Labute approximate surface area is 261 Å². The number of allylic oxidation sites excluding steroid dienone is 2. The molecular weight excluding hydrogens is 550 g/mol. The third kappa shape index (κ3) is 7.91. The van der Waals surface area contributed by atoms with Crippen molar-refractivity contribution in [2.24, 2.45) is 5.10 Å². The smallest absolute Gasteiger partial charge is 0.211 e. The number of nitrogens with zero attached hydrogens (tertiary/aromatic N) is 2. The second kappa shape index (κ2) is 15.2. The van der Waals surface area contributed by atoms with Crippen LogP contribution in [0.2, 0.25) is 5.02 Å². The van der Waals surface area contributed by atoms with E-state index < -0.39 is 0 Å².